The summed E-state index contributed by atoms with van der Waals surface area (Å²) in [5.74, 6) is 1.28. The van der Waals surface area contributed by atoms with Crippen molar-refractivity contribution in [2.24, 2.45) is 11.8 Å². The van der Waals surface area contributed by atoms with Gasteiger partial charge >= 0.3 is 6.03 Å². The van der Waals surface area contributed by atoms with Gasteiger partial charge in [-0.25, -0.2) is 4.79 Å². The zero-order valence-corrected chi connectivity index (χ0v) is 16.5. The van der Waals surface area contributed by atoms with E-state index in [1.165, 1.54) is 37.8 Å². The molecule has 0 unspecified atom stereocenters. The van der Waals surface area contributed by atoms with E-state index < -0.39 is 0 Å². The predicted molar refractivity (Wildman–Crippen MR) is 109 cm³/mol. The number of halogens is 1. The fourth-order valence-corrected chi connectivity index (χ4v) is 6.15. The molecule has 2 bridgehead atoms. The molecule has 5 heteroatoms. The molecule has 4 aliphatic rings. The summed E-state index contributed by atoms with van der Waals surface area (Å²) < 4.78 is 0. The van der Waals surface area contributed by atoms with Gasteiger partial charge in [0, 0.05) is 29.8 Å². The Morgan fingerprint density at radius 3 is 3.00 bits per heavy atom. The summed E-state index contributed by atoms with van der Waals surface area (Å²) in [7, 11) is 0. The number of amides is 2. The van der Waals surface area contributed by atoms with Gasteiger partial charge < -0.3 is 10.2 Å². The van der Waals surface area contributed by atoms with Gasteiger partial charge in [0.05, 0.1) is 6.04 Å². The minimum Gasteiger partial charge on any atom is -0.317 e. The van der Waals surface area contributed by atoms with Crippen LogP contribution in [0.5, 0.6) is 0 Å². The van der Waals surface area contributed by atoms with E-state index in [0.29, 0.717) is 16.9 Å². The van der Waals surface area contributed by atoms with Crippen LogP contribution in [-0.2, 0) is 0 Å². The fraction of sp³-hybridized carbons (Fsp3) is 0.591. The van der Waals surface area contributed by atoms with Crippen molar-refractivity contribution in [2.75, 3.05) is 25.0 Å². The average Bonchev–Trinajstić information content (AvgIpc) is 2.67. The van der Waals surface area contributed by atoms with Crippen LogP contribution in [0.15, 0.2) is 35.9 Å². The van der Waals surface area contributed by atoms with Crippen molar-refractivity contribution in [1.29, 1.82) is 0 Å². The molecule has 3 fully saturated rings. The van der Waals surface area contributed by atoms with Crippen molar-refractivity contribution >= 4 is 23.3 Å². The molecule has 144 valence electrons. The van der Waals surface area contributed by atoms with Gasteiger partial charge in [-0.2, -0.15) is 0 Å². The van der Waals surface area contributed by atoms with Crippen molar-refractivity contribution in [3.63, 3.8) is 0 Å². The van der Waals surface area contributed by atoms with Gasteiger partial charge in [-0.15, -0.1) is 0 Å². The zero-order chi connectivity index (χ0) is 18.4. The first kappa shape index (κ1) is 17.6. The van der Waals surface area contributed by atoms with Gasteiger partial charge in [0.15, 0.2) is 0 Å². The van der Waals surface area contributed by atoms with Gasteiger partial charge in [0.1, 0.15) is 0 Å². The number of nitrogens with zero attached hydrogens (tertiary/aromatic N) is 2. The van der Waals surface area contributed by atoms with E-state index >= 15 is 0 Å². The van der Waals surface area contributed by atoms with E-state index in [0.717, 1.165) is 37.7 Å². The van der Waals surface area contributed by atoms with Gasteiger partial charge in [0.2, 0.25) is 0 Å². The third-order valence-electron chi connectivity index (χ3n) is 6.99. The van der Waals surface area contributed by atoms with Crippen LogP contribution < -0.4 is 5.32 Å². The summed E-state index contributed by atoms with van der Waals surface area (Å²) in [6.45, 7) is 3.24. The maximum Gasteiger partial charge on any atom is 0.322 e. The number of urea groups is 1. The molecule has 1 aromatic rings. The Balaban J connectivity index is 1.39. The first-order valence-corrected chi connectivity index (χ1v) is 10.8. The molecule has 0 saturated carbocycles. The Hall–Kier alpha value is -1.52. The highest BCUT2D eigenvalue weighted by Gasteiger charge is 2.46. The molecule has 4 nitrogen and oxygen atoms in total. The lowest BCUT2D eigenvalue weighted by Crippen LogP contribution is -2.60. The predicted octanol–water partition coefficient (Wildman–Crippen LogP) is 4.77. The number of anilines is 1. The first-order chi connectivity index (χ1) is 13.2. The number of rotatable bonds is 1. The number of carbonyl (C=O) groups is 1. The lowest BCUT2D eigenvalue weighted by atomic mass is 9.68. The Labute approximate surface area is 166 Å². The molecule has 0 aromatic heterocycles. The highest BCUT2D eigenvalue weighted by Crippen LogP contribution is 2.45. The van der Waals surface area contributed by atoms with Crippen molar-refractivity contribution in [3.05, 3.63) is 40.9 Å². The second kappa shape index (κ2) is 7.14. The monoisotopic (exact) mass is 385 g/mol. The number of hydrogen-bond donors (Lipinski definition) is 1. The molecule has 0 radical (unpaired) electrons. The van der Waals surface area contributed by atoms with E-state index in [4.69, 9.17) is 11.6 Å². The maximum atomic E-state index is 13.1. The lowest BCUT2D eigenvalue weighted by Gasteiger charge is -2.54. The Kier molecular flexibility index (Phi) is 4.65. The van der Waals surface area contributed by atoms with E-state index in [9.17, 15) is 4.79 Å². The zero-order valence-electron chi connectivity index (χ0n) is 15.7. The van der Waals surface area contributed by atoms with Gasteiger partial charge in [0.25, 0.3) is 0 Å². The summed E-state index contributed by atoms with van der Waals surface area (Å²) in [4.78, 5) is 17.9. The maximum absolute atomic E-state index is 13.1. The van der Waals surface area contributed by atoms with Crippen molar-refractivity contribution in [3.8, 4) is 0 Å². The van der Waals surface area contributed by atoms with Crippen LogP contribution in [0.3, 0.4) is 0 Å². The molecule has 2 amide bonds. The fourth-order valence-electron chi connectivity index (χ4n) is 5.96. The molecule has 27 heavy (non-hydrogen) atoms. The number of hydrogen-bond acceptors (Lipinski definition) is 2. The third kappa shape index (κ3) is 3.27. The van der Waals surface area contributed by atoms with Crippen LogP contribution in [0.25, 0.3) is 0 Å². The van der Waals surface area contributed by atoms with Crippen molar-refractivity contribution in [2.45, 2.75) is 50.6 Å². The molecule has 4 atom stereocenters. The number of benzene rings is 1. The van der Waals surface area contributed by atoms with E-state index in [-0.39, 0.29) is 12.1 Å². The Morgan fingerprint density at radius 1 is 1.19 bits per heavy atom. The van der Waals surface area contributed by atoms with E-state index in [1.807, 2.05) is 24.3 Å². The van der Waals surface area contributed by atoms with Crippen LogP contribution >= 0.6 is 11.6 Å². The molecule has 5 rings (SSSR count). The van der Waals surface area contributed by atoms with Crippen LogP contribution in [-0.4, -0.2) is 47.5 Å². The highest BCUT2D eigenvalue weighted by atomic mass is 35.5. The lowest BCUT2D eigenvalue weighted by molar-refractivity contribution is 0.00908. The van der Waals surface area contributed by atoms with Crippen LogP contribution in [0.2, 0.25) is 5.02 Å². The second-order valence-electron chi connectivity index (χ2n) is 8.64. The molecule has 3 aliphatic heterocycles. The summed E-state index contributed by atoms with van der Waals surface area (Å²) in [5.41, 5.74) is 2.30. The molecular formula is C22H28ClN3O. The second-order valence-corrected chi connectivity index (χ2v) is 9.08. The van der Waals surface area contributed by atoms with Gasteiger partial charge in [-0.05, 0) is 68.7 Å². The summed E-state index contributed by atoms with van der Waals surface area (Å²) in [6, 6.07) is 8.47. The van der Waals surface area contributed by atoms with E-state index in [2.05, 4.69) is 21.2 Å². The molecule has 0 spiro atoms. The largest absolute Gasteiger partial charge is 0.322 e. The summed E-state index contributed by atoms with van der Waals surface area (Å²) in [5, 5.41) is 3.73. The van der Waals surface area contributed by atoms with E-state index in [1.54, 1.807) is 0 Å². The molecule has 1 N–H and O–H groups in total. The molecule has 1 aliphatic carbocycles. The van der Waals surface area contributed by atoms with Gasteiger partial charge in [-0.1, -0.05) is 35.7 Å². The molecule has 3 heterocycles. The molecule has 1 aromatic carbocycles. The number of carbonyl (C=O) groups excluding carboxylic acids is 1. The van der Waals surface area contributed by atoms with Crippen LogP contribution in [0.4, 0.5) is 10.5 Å². The highest BCUT2D eigenvalue weighted by molar-refractivity contribution is 6.30. The minimum atomic E-state index is 0.0204. The number of piperidine rings is 3. The Bertz CT molecular complexity index is 764. The SMILES string of the molecule is O=C(Nc1cccc(Cl)c1)N1CCCC2=C[C@@H]3C[C@@H](CN4CCCC[C@H]34)[C@@H]21. The third-order valence-corrected chi connectivity index (χ3v) is 7.23. The molecule has 3 saturated heterocycles. The number of fused-ring (bicyclic) bond motifs is 6. The van der Waals surface area contributed by atoms with Crippen molar-refractivity contribution < 1.29 is 4.79 Å². The summed E-state index contributed by atoms with van der Waals surface area (Å²) in [6.07, 6.45) is 10.1. The van der Waals surface area contributed by atoms with Crippen LogP contribution in [0, 0.1) is 11.8 Å². The standard InChI is InChI=1S/C22H28ClN3O/c23-18-6-3-7-19(13-18)24-22(27)26-10-4-5-15-11-16-12-17(21(15)26)14-25-9-2-1-8-20(16)25/h3,6-7,11,13,16-17,20-21H,1-2,4-5,8-10,12,14H2,(H,24,27)/t16-,17+,20-,21-/m1/s1. The first-order valence-electron chi connectivity index (χ1n) is 10.5. The normalized spacial score (nSPS) is 32.9. The smallest absolute Gasteiger partial charge is 0.317 e. The average molecular weight is 386 g/mol. The Morgan fingerprint density at radius 2 is 2.11 bits per heavy atom. The van der Waals surface area contributed by atoms with Crippen molar-refractivity contribution in [1.82, 2.24) is 9.80 Å². The molecular weight excluding hydrogens is 358 g/mol. The quantitative estimate of drug-likeness (QED) is 0.707. The summed E-state index contributed by atoms with van der Waals surface area (Å²) >= 11 is 6.08. The topological polar surface area (TPSA) is 35.6 Å². The number of nitrogens with one attached hydrogen (secondary N) is 1. The number of likely N-dealkylation sites (tertiary alicyclic amines) is 1. The minimum absolute atomic E-state index is 0.0204. The van der Waals surface area contributed by atoms with Gasteiger partial charge in [-0.3, -0.25) is 4.90 Å². The van der Waals surface area contributed by atoms with Crippen LogP contribution in [0.1, 0.15) is 38.5 Å².